The van der Waals surface area contributed by atoms with Gasteiger partial charge < -0.3 is 4.74 Å². The summed E-state index contributed by atoms with van der Waals surface area (Å²) in [6.45, 7) is 6.68. The fourth-order valence-electron chi connectivity index (χ4n) is 3.90. The van der Waals surface area contributed by atoms with Gasteiger partial charge in [-0.15, -0.1) is 0 Å². The molecule has 1 atom stereocenters. The number of ether oxygens (including phenoxy) is 1. The molecule has 1 aromatic carbocycles. The van der Waals surface area contributed by atoms with Gasteiger partial charge in [0, 0.05) is 25.3 Å². The summed E-state index contributed by atoms with van der Waals surface area (Å²) in [5, 5.41) is 4.82. The Bertz CT molecular complexity index is 817. The summed E-state index contributed by atoms with van der Waals surface area (Å²) in [5.41, 5.74) is 0.881. The van der Waals surface area contributed by atoms with E-state index in [1.807, 2.05) is 4.68 Å². The number of hydrogen-bond acceptors (Lipinski definition) is 4. The second-order valence-electron chi connectivity index (χ2n) is 7.80. The number of hydrogen-bond donors (Lipinski definition) is 0. The molecule has 2 saturated heterocycles. The highest BCUT2D eigenvalue weighted by Crippen LogP contribution is 2.23. The van der Waals surface area contributed by atoms with Gasteiger partial charge in [-0.05, 0) is 68.1 Å². The van der Waals surface area contributed by atoms with E-state index in [0.29, 0.717) is 18.0 Å². The van der Waals surface area contributed by atoms with Crippen LogP contribution < -0.4 is 0 Å². The Morgan fingerprint density at radius 1 is 1.19 bits per heavy atom. The zero-order valence-corrected chi connectivity index (χ0v) is 16.6. The van der Waals surface area contributed by atoms with Crippen molar-refractivity contribution in [3.8, 4) is 11.4 Å². The lowest BCUT2D eigenvalue weighted by atomic mass is 10.00. The fourth-order valence-corrected chi connectivity index (χ4v) is 4.15. The summed E-state index contributed by atoms with van der Waals surface area (Å²) >= 11 is 5.77. The first-order valence-corrected chi connectivity index (χ1v) is 10.3. The minimum atomic E-state index is -0.245. The quantitative estimate of drug-likeness (QED) is 0.721. The number of nitrogens with zero attached hydrogens (tertiary/aromatic N) is 4. The van der Waals surface area contributed by atoms with Crippen LogP contribution in [0.3, 0.4) is 0 Å². The van der Waals surface area contributed by atoms with Crippen LogP contribution in [0.25, 0.3) is 11.4 Å². The summed E-state index contributed by atoms with van der Waals surface area (Å²) in [5.74, 6) is 1.34. The van der Waals surface area contributed by atoms with Gasteiger partial charge in [0.1, 0.15) is 5.82 Å². The van der Waals surface area contributed by atoms with E-state index >= 15 is 0 Å². The Morgan fingerprint density at radius 3 is 2.59 bits per heavy atom. The second-order valence-corrected chi connectivity index (χ2v) is 8.17. The van der Waals surface area contributed by atoms with E-state index in [9.17, 15) is 4.39 Å². The van der Waals surface area contributed by atoms with Gasteiger partial charge in [0.2, 0.25) is 0 Å². The van der Waals surface area contributed by atoms with Gasteiger partial charge in [0.25, 0.3) is 0 Å². The van der Waals surface area contributed by atoms with Crippen LogP contribution in [-0.4, -0.2) is 45.0 Å². The standard InChI is InChI=1S/C20H27FN4OS/c1-15-8-10-23(11-9-15)14-25-20(27)24(13-18-3-2-12-26-18)19(22-25)16-4-6-17(21)7-5-16/h4-7,15,18H,2-3,8-14H2,1H3/t18-/m0/s1. The highest BCUT2D eigenvalue weighted by molar-refractivity contribution is 7.71. The van der Waals surface area contributed by atoms with Crippen molar-refractivity contribution < 1.29 is 9.13 Å². The van der Waals surface area contributed by atoms with Gasteiger partial charge in [0.05, 0.1) is 19.3 Å². The van der Waals surface area contributed by atoms with Crippen molar-refractivity contribution in [2.24, 2.45) is 5.92 Å². The molecular formula is C20H27FN4OS. The molecule has 0 spiro atoms. The third kappa shape index (κ3) is 4.31. The minimum Gasteiger partial charge on any atom is -0.376 e. The number of piperidine rings is 1. The van der Waals surface area contributed by atoms with E-state index in [1.54, 1.807) is 12.1 Å². The predicted octanol–water partition coefficient (Wildman–Crippen LogP) is 4.09. The molecule has 4 rings (SSSR count). The number of aromatic nitrogens is 3. The van der Waals surface area contributed by atoms with Gasteiger partial charge in [-0.1, -0.05) is 6.92 Å². The summed E-state index contributed by atoms with van der Waals surface area (Å²) in [4.78, 5) is 2.41. The zero-order chi connectivity index (χ0) is 18.8. The lowest BCUT2D eigenvalue weighted by Gasteiger charge is -2.29. The summed E-state index contributed by atoms with van der Waals surface area (Å²) in [6, 6.07) is 6.48. The summed E-state index contributed by atoms with van der Waals surface area (Å²) < 4.78 is 23.9. The maximum absolute atomic E-state index is 13.4. The SMILES string of the molecule is CC1CCN(Cn2nc(-c3ccc(F)cc3)n(C[C@@H]3CCCO3)c2=S)CC1. The molecule has 2 aliphatic heterocycles. The molecule has 5 nitrogen and oxygen atoms in total. The molecule has 27 heavy (non-hydrogen) atoms. The zero-order valence-electron chi connectivity index (χ0n) is 15.8. The van der Waals surface area contributed by atoms with Gasteiger partial charge in [-0.3, -0.25) is 9.47 Å². The van der Waals surface area contributed by atoms with E-state index in [-0.39, 0.29) is 11.9 Å². The summed E-state index contributed by atoms with van der Waals surface area (Å²) in [6.07, 6.45) is 4.73. The molecule has 0 bridgehead atoms. The van der Waals surface area contributed by atoms with Crippen molar-refractivity contribution in [3.05, 3.63) is 34.9 Å². The molecule has 2 aliphatic rings. The lowest BCUT2D eigenvalue weighted by molar-refractivity contribution is 0.0964. The van der Waals surface area contributed by atoms with Crippen molar-refractivity contribution in [2.45, 2.75) is 51.9 Å². The third-order valence-electron chi connectivity index (χ3n) is 5.65. The van der Waals surface area contributed by atoms with Crippen LogP contribution in [0.2, 0.25) is 0 Å². The molecule has 3 heterocycles. The highest BCUT2D eigenvalue weighted by Gasteiger charge is 2.22. The molecule has 0 saturated carbocycles. The van der Waals surface area contributed by atoms with Crippen LogP contribution in [0, 0.1) is 16.5 Å². The Labute approximate surface area is 164 Å². The highest BCUT2D eigenvalue weighted by atomic mass is 32.1. The first-order chi connectivity index (χ1) is 13.1. The van der Waals surface area contributed by atoms with E-state index in [2.05, 4.69) is 16.4 Å². The van der Waals surface area contributed by atoms with Crippen LogP contribution in [0.15, 0.2) is 24.3 Å². The molecule has 0 amide bonds. The Balaban J connectivity index is 1.63. The molecule has 7 heteroatoms. The van der Waals surface area contributed by atoms with Gasteiger partial charge in [0.15, 0.2) is 10.6 Å². The average Bonchev–Trinajstić information content (AvgIpc) is 3.28. The number of likely N-dealkylation sites (tertiary alicyclic amines) is 1. The van der Waals surface area contributed by atoms with Crippen LogP contribution in [-0.2, 0) is 18.0 Å². The van der Waals surface area contributed by atoms with Gasteiger partial charge in [-0.2, -0.15) is 5.10 Å². The van der Waals surface area contributed by atoms with Crippen molar-refractivity contribution in [2.75, 3.05) is 19.7 Å². The molecule has 2 fully saturated rings. The minimum absolute atomic E-state index is 0.171. The first kappa shape index (κ1) is 18.8. The van der Waals surface area contributed by atoms with E-state index in [1.165, 1.54) is 25.0 Å². The lowest BCUT2D eigenvalue weighted by Crippen LogP contribution is -2.34. The van der Waals surface area contributed by atoms with Crippen molar-refractivity contribution in [1.29, 1.82) is 0 Å². The molecule has 2 aromatic rings. The number of benzene rings is 1. The van der Waals surface area contributed by atoms with Crippen LogP contribution in [0.4, 0.5) is 4.39 Å². The van der Waals surface area contributed by atoms with Crippen molar-refractivity contribution in [3.63, 3.8) is 0 Å². The molecule has 0 radical (unpaired) electrons. The van der Waals surface area contributed by atoms with Crippen LogP contribution >= 0.6 is 12.2 Å². The normalized spacial score (nSPS) is 21.8. The van der Waals surface area contributed by atoms with Gasteiger partial charge in [-0.25, -0.2) is 9.07 Å². The Hall–Kier alpha value is -1.57. The predicted molar refractivity (Wildman–Crippen MR) is 105 cm³/mol. The molecular weight excluding hydrogens is 363 g/mol. The summed E-state index contributed by atoms with van der Waals surface area (Å²) in [7, 11) is 0. The number of rotatable bonds is 5. The largest absolute Gasteiger partial charge is 0.376 e. The molecule has 1 aromatic heterocycles. The Morgan fingerprint density at radius 2 is 1.93 bits per heavy atom. The van der Waals surface area contributed by atoms with E-state index < -0.39 is 0 Å². The van der Waals surface area contributed by atoms with Gasteiger partial charge >= 0.3 is 0 Å². The monoisotopic (exact) mass is 390 g/mol. The Kier molecular flexibility index (Phi) is 5.71. The molecule has 146 valence electrons. The molecule has 0 N–H and O–H groups in total. The first-order valence-electron chi connectivity index (χ1n) is 9.87. The van der Waals surface area contributed by atoms with Crippen LogP contribution in [0.5, 0.6) is 0 Å². The topological polar surface area (TPSA) is 35.2 Å². The van der Waals surface area contributed by atoms with Crippen molar-refractivity contribution >= 4 is 12.2 Å². The van der Waals surface area contributed by atoms with Crippen LogP contribution in [0.1, 0.15) is 32.6 Å². The number of halogens is 1. The smallest absolute Gasteiger partial charge is 0.199 e. The second kappa shape index (κ2) is 8.20. The maximum atomic E-state index is 13.4. The average molecular weight is 391 g/mol. The molecule has 0 aliphatic carbocycles. The van der Waals surface area contributed by atoms with E-state index in [4.69, 9.17) is 22.1 Å². The fraction of sp³-hybridized carbons (Fsp3) is 0.600. The maximum Gasteiger partial charge on any atom is 0.199 e. The van der Waals surface area contributed by atoms with Crippen molar-refractivity contribution in [1.82, 2.24) is 19.2 Å². The van der Waals surface area contributed by atoms with E-state index in [0.717, 1.165) is 49.8 Å². The molecule has 0 unspecified atom stereocenters. The third-order valence-corrected chi connectivity index (χ3v) is 6.08.